The van der Waals surface area contributed by atoms with E-state index in [0.29, 0.717) is 0 Å². The maximum absolute atomic E-state index is 2.42. The Morgan fingerprint density at radius 1 is 0.321 bits per heavy atom. The quantitative estimate of drug-likeness (QED) is 0.0367. The highest BCUT2D eigenvalue weighted by molar-refractivity contribution is 5.15. The molecule has 0 saturated heterocycles. The first kappa shape index (κ1) is 47.0. The Hall–Kier alpha value is -2.12. The minimum absolute atomic E-state index is 1.17. The Morgan fingerprint density at radius 3 is 0.887 bits per heavy atom. The molecule has 0 amide bonds. The van der Waals surface area contributed by atoms with E-state index in [1.807, 2.05) is 0 Å². The van der Waals surface area contributed by atoms with Crippen molar-refractivity contribution in [2.24, 2.45) is 0 Å². The van der Waals surface area contributed by atoms with Gasteiger partial charge in [-0.05, 0) is 64.2 Å². The van der Waals surface area contributed by atoms with E-state index in [2.05, 4.69) is 98.8 Å². The minimum atomic E-state index is 1.17. The van der Waals surface area contributed by atoms with Gasteiger partial charge in [-0.15, -0.1) is 0 Å². The molecule has 0 bridgehead atoms. The minimum Gasteiger partial charge on any atom is -0.316 e. The van der Waals surface area contributed by atoms with E-state index < -0.39 is 0 Å². The van der Waals surface area contributed by atoms with Crippen molar-refractivity contribution in [3.63, 3.8) is 0 Å². The molecule has 2 aromatic carbocycles. The number of rotatable bonds is 38. The van der Waals surface area contributed by atoms with Crippen molar-refractivity contribution >= 4 is 0 Å². The summed E-state index contributed by atoms with van der Waals surface area (Å²) in [5, 5.41) is 0. The third kappa shape index (κ3) is 28.0. The molecule has 0 fully saturated rings. The van der Waals surface area contributed by atoms with Gasteiger partial charge in [0.15, 0.2) is 0 Å². The molecule has 2 rings (SSSR count). The Labute approximate surface area is 332 Å². The Morgan fingerprint density at radius 2 is 0.585 bits per heavy atom. The molecule has 0 N–H and O–H groups in total. The van der Waals surface area contributed by atoms with Crippen LogP contribution in [0.4, 0.5) is 0 Å². The van der Waals surface area contributed by atoms with Crippen LogP contribution in [-0.4, -0.2) is 17.6 Å². The predicted molar refractivity (Wildman–Crippen MR) is 238 cm³/mol. The Bertz CT molecular complexity index is 981. The highest BCUT2D eigenvalue weighted by atomic mass is 15.3. The van der Waals surface area contributed by atoms with Gasteiger partial charge in [0.05, 0.1) is 13.1 Å². The summed E-state index contributed by atoms with van der Waals surface area (Å²) in [4.78, 5) is 0. The van der Waals surface area contributed by atoms with Crippen LogP contribution >= 0.6 is 0 Å². The van der Waals surface area contributed by atoms with Crippen LogP contribution in [0.5, 0.6) is 0 Å². The lowest BCUT2D eigenvalue weighted by Crippen LogP contribution is -2.48. The summed E-state index contributed by atoms with van der Waals surface area (Å²) in [6, 6.07) is 22.8. The third-order valence-electron chi connectivity index (χ3n) is 11.5. The van der Waals surface area contributed by atoms with E-state index in [-0.39, 0.29) is 0 Å². The van der Waals surface area contributed by atoms with Crippen molar-refractivity contribution in [3.8, 4) is 0 Å². The number of quaternary nitrogens is 1. The average Bonchev–Trinajstić information content (AvgIpc) is 3.18. The van der Waals surface area contributed by atoms with Crippen molar-refractivity contribution in [1.82, 2.24) is 0 Å². The van der Waals surface area contributed by atoms with Crippen molar-refractivity contribution in [2.45, 2.75) is 220 Å². The number of unbranched alkanes of at least 4 members (excludes halogenated alkanes) is 26. The summed E-state index contributed by atoms with van der Waals surface area (Å²) in [7, 11) is 0. The van der Waals surface area contributed by atoms with Crippen LogP contribution in [0.2, 0.25) is 0 Å². The molecule has 0 aliphatic carbocycles. The van der Waals surface area contributed by atoms with Crippen LogP contribution in [-0.2, 0) is 13.1 Å². The van der Waals surface area contributed by atoms with E-state index in [1.54, 1.807) is 0 Å². The van der Waals surface area contributed by atoms with E-state index in [0.717, 1.165) is 0 Å². The van der Waals surface area contributed by atoms with Crippen LogP contribution in [0.1, 0.15) is 218 Å². The van der Waals surface area contributed by atoms with Crippen molar-refractivity contribution in [2.75, 3.05) is 13.1 Å². The first-order valence-corrected chi connectivity index (χ1v) is 23.5. The highest BCUT2D eigenvalue weighted by Crippen LogP contribution is 2.24. The molecular formula is C52H88N+. The fourth-order valence-corrected chi connectivity index (χ4v) is 8.14. The number of nitrogens with zero attached hydrogens (tertiary/aromatic N) is 1. The summed E-state index contributed by atoms with van der Waals surface area (Å²) in [6.45, 7) is 9.51. The molecule has 0 saturated carbocycles. The van der Waals surface area contributed by atoms with Gasteiger partial charge < -0.3 is 4.48 Å². The maximum Gasteiger partial charge on any atom is 0.105 e. The molecule has 0 aromatic heterocycles. The molecule has 0 unspecified atom stereocenters. The van der Waals surface area contributed by atoms with Crippen molar-refractivity contribution < 1.29 is 4.48 Å². The summed E-state index contributed by atoms with van der Waals surface area (Å²) < 4.78 is 1.22. The largest absolute Gasteiger partial charge is 0.316 e. The zero-order chi connectivity index (χ0) is 37.6. The highest BCUT2D eigenvalue weighted by Gasteiger charge is 2.27. The van der Waals surface area contributed by atoms with Crippen LogP contribution in [0.15, 0.2) is 85.0 Å². The molecule has 0 atom stereocenters. The SMILES string of the molecule is CCCC/C=C/CCCCCCCCCCCCC[N+](CCCCCCCCCCCCC/C=C/CCCC)(Cc1ccccc1)Cc1ccccc1. The summed E-state index contributed by atoms with van der Waals surface area (Å²) >= 11 is 0. The fourth-order valence-electron chi connectivity index (χ4n) is 8.14. The zero-order valence-corrected chi connectivity index (χ0v) is 35.6. The van der Waals surface area contributed by atoms with Gasteiger partial charge in [0.2, 0.25) is 0 Å². The molecule has 300 valence electrons. The lowest BCUT2D eigenvalue weighted by atomic mass is 10.0. The fraction of sp³-hybridized carbons (Fsp3) is 0.692. The summed E-state index contributed by atoms with van der Waals surface area (Å²) in [5.41, 5.74) is 3.02. The second-order valence-electron chi connectivity index (χ2n) is 16.7. The Balaban J connectivity index is 1.67. The molecule has 1 nitrogen and oxygen atoms in total. The predicted octanol–water partition coefficient (Wildman–Crippen LogP) is 17.1. The molecule has 0 aliphatic heterocycles. The standard InChI is InChI=1S/C52H88N/c1-3-5-7-9-11-13-15-17-19-21-23-25-27-29-31-33-41-47-53(49-51-43-37-35-38-44-51,50-52-45-39-36-40-46-52)48-42-34-32-30-28-26-24-22-20-18-16-14-12-10-8-6-4-2/h9-12,35-40,43-46H,3-8,13-34,41-42,47-50H2,1-2H3/q+1/b11-9+,12-10+. The van der Waals surface area contributed by atoms with Gasteiger partial charge in [0.1, 0.15) is 13.1 Å². The molecular weight excluding hydrogens is 639 g/mol. The van der Waals surface area contributed by atoms with Gasteiger partial charge in [0, 0.05) is 11.1 Å². The number of benzene rings is 2. The first-order valence-electron chi connectivity index (χ1n) is 23.5. The van der Waals surface area contributed by atoms with Gasteiger partial charge in [-0.25, -0.2) is 0 Å². The third-order valence-corrected chi connectivity index (χ3v) is 11.5. The van der Waals surface area contributed by atoms with Crippen LogP contribution in [0.3, 0.4) is 0 Å². The van der Waals surface area contributed by atoms with Crippen LogP contribution < -0.4 is 0 Å². The number of hydrogen-bond acceptors (Lipinski definition) is 0. The normalized spacial score (nSPS) is 12.1. The van der Waals surface area contributed by atoms with Gasteiger partial charge in [-0.1, -0.05) is 227 Å². The molecule has 0 heterocycles. The van der Waals surface area contributed by atoms with Crippen LogP contribution in [0, 0.1) is 0 Å². The number of allylic oxidation sites excluding steroid dienone is 4. The van der Waals surface area contributed by atoms with Gasteiger partial charge in [-0.3, -0.25) is 0 Å². The second kappa shape index (κ2) is 35.6. The molecule has 53 heavy (non-hydrogen) atoms. The first-order chi connectivity index (χ1) is 26.3. The number of hydrogen-bond donors (Lipinski definition) is 0. The van der Waals surface area contributed by atoms with E-state index >= 15 is 0 Å². The van der Waals surface area contributed by atoms with E-state index in [4.69, 9.17) is 0 Å². The smallest absolute Gasteiger partial charge is 0.105 e. The second-order valence-corrected chi connectivity index (χ2v) is 16.7. The molecule has 0 aliphatic rings. The van der Waals surface area contributed by atoms with Gasteiger partial charge in [-0.2, -0.15) is 0 Å². The topological polar surface area (TPSA) is 0 Å². The summed E-state index contributed by atoms with van der Waals surface area (Å²) in [5.74, 6) is 0. The molecule has 0 spiro atoms. The van der Waals surface area contributed by atoms with E-state index in [1.165, 1.54) is 234 Å². The zero-order valence-electron chi connectivity index (χ0n) is 35.6. The monoisotopic (exact) mass is 727 g/mol. The van der Waals surface area contributed by atoms with Crippen LogP contribution in [0.25, 0.3) is 0 Å². The average molecular weight is 727 g/mol. The van der Waals surface area contributed by atoms with E-state index in [9.17, 15) is 0 Å². The molecule has 0 radical (unpaired) electrons. The van der Waals surface area contributed by atoms with Gasteiger partial charge >= 0.3 is 0 Å². The van der Waals surface area contributed by atoms with Crippen molar-refractivity contribution in [3.05, 3.63) is 96.1 Å². The maximum atomic E-state index is 2.42. The lowest BCUT2D eigenvalue weighted by Gasteiger charge is -2.39. The molecule has 2 aromatic rings. The van der Waals surface area contributed by atoms with Gasteiger partial charge in [0.25, 0.3) is 0 Å². The van der Waals surface area contributed by atoms with Crippen molar-refractivity contribution in [1.29, 1.82) is 0 Å². The Kier molecular flexibility index (Phi) is 31.6. The molecule has 1 heteroatoms. The lowest BCUT2D eigenvalue weighted by molar-refractivity contribution is -0.954. The summed E-state index contributed by atoms with van der Waals surface area (Å²) in [6.07, 6.45) is 51.3.